The quantitative estimate of drug-likeness (QED) is 0.245. The summed E-state index contributed by atoms with van der Waals surface area (Å²) >= 11 is 1.24. The van der Waals surface area contributed by atoms with Gasteiger partial charge in [0, 0.05) is 11.1 Å². The Morgan fingerprint density at radius 1 is 1.07 bits per heavy atom. The number of ether oxygens (including phenoxy) is 3. The van der Waals surface area contributed by atoms with Gasteiger partial charge in [0.25, 0.3) is 5.56 Å². The topological polar surface area (TPSA) is 79.1 Å². The third-order valence-corrected chi connectivity index (χ3v) is 7.30. The molecule has 4 aromatic rings. The number of para-hydroxylation sites is 1. The fraction of sp³-hybridized carbons (Fsp3) is 0.156. The molecule has 0 aliphatic carbocycles. The molecule has 1 aromatic heterocycles. The van der Waals surface area contributed by atoms with Crippen LogP contribution in [0.15, 0.2) is 94.2 Å². The van der Waals surface area contributed by atoms with Gasteiger partial charge < -0.3 is 14.2 Å². The molecule has 40 heavy (non-hydrogen) atoms. The van der Waals surface area contributed by atoms with Gasteiger partial charge in [-0.05, 0) is 36.8 Å². The van der Waals surface area contributed by atoms with Gasteiger partial charge in [-0.15, -0.1) is 6.42 Å². The van der Waals surface area contributed by atoms with E-state index in [2.05, 4.69) is 5.92 Å². The molecule has 0 bridgehead atoms. The molecule has 2 heterocycles. The molecule has 1 atom stereocenters. The maximum Gasteiger partial charge on any atom is 0.338 e. The highest BCUT2D eigenvalue weighted by molar-refractivity contribution is 7.07. The average molecular weight is 551 g/mol. The second-order valence-corrected chi connectivity index (χ2v) is 9.74. The molecular formula is C32H26N2O5S. The van der Waals surface area contributed by atoms with Crippen LogP contribution < -0.4 is 24.4 Å². The van der Waals surface area contributed by atoms with Crippen molar-refractivity contribution in [1.82, 2.24) is 4.57 Å². The predicted octanol–water partition coefficient (Wildman–Crippen LogP) is 3.96. The van der Waals surface area contributed by atoms with Crippen molar-refractivity contribution in [2.24, 2.45) is 4.99 Å². The van der Waals surface area contributed by atoms with Gasteiger partial charge in [-0.2, -0.15) is 0 Å². The zero-order chi connectivity index (χ0) is 28.1. The van der Waals surface area contributed by atoms with E-state index in [1.807, 2.05) is 60.7 Å². The molecule has 8 heteroatoms. The number of hydrogen-bond donors (Lipinski definition) is 0. The molecule has 0 radical (unpaired) electrons. The summed E-state index contributed by atoms with van der Waals surface area (Å²) in [7, 11) is 1.58. The first-order valence-corrected chi connectivity index (χ1v) is 13.4. The van der Waals surface area contributed by atoms with Gasteiger partial charge in [0.15, 0.2) is 4.80 Å². The number of terminal acetylenes is 1. The Balaban J connectivity index is 1.79. The minimum atomic E-state index is -0.772. The van der Waals surface area contributed by atoms with Crippen LogP contribution in [-0.2, 0) is 9.53 Å². The van der Waals surface area contributed by atoms with Crippen LogP contribution in [0, 0.1) is 12.3 Å². The first-order valence-electron chi connectivity index (χ1n) is 12.6. The summed E-state index contributed by atoms with van der Waals surface area (Å²) in [5.41, 5.74) is 2.63. The van der Waals surface area contributed by atoms with Gasteiger partial charge in [-0.25, -0.2) is 9.79 Å². The predicted molar refractivity (Wildman–Crippen MR) is 155 cm³/mol. The maximum atomic E-state index is 14.0. The molecule has 3 aromatic carbocycles. The Labute approximate surface area is 235 Å². The number of fused-ring (bicyclic) bond motifs is 1. The molecule has 0 saturated heterocycles. The van der Waals surface area contributed by atoms with Crippen LogP contribution in [-0.4, -0.2) is 30.9 Å². The van der Waals surface area contributed by atoms with Crippen molar-refractivity contribution in [2.75, 3.05) is 20.3 Å². The van der Waals surface area contributed by atoms with Crippen LogP contribution in [0.3, 0.4) is 0 Å². The van der Waals surface area contributed by atoms with E-state index < -0.39 is 12.0 Å². The minimum Gasteiger partial charge on any atom is -0.497 e. The molecular weight excluding hydrogens is 524 g/mol. The molecule has 0 spiro atoms. The van der Waals surface area contributed by atoms with Crippen molar-refractivity contribution in [1.29, 1.82) is 0 Å². The lowest BCUT2D eigenvalue weighted by Crippen LogP contribution is -2.40. The Bertz CT molecular complexity index is 1790. The number of aromatic nitrogens is 1. The van der Waals surface area contributed by atoms with Crippen molar-refractivity contribution in [3.63, 3.8) is 0 Å². The number of carbonyl (C=O) groups excluding carboxylic acids is 1. The Morgan fingerprint density at radius 3 is 2.50 bits per heavy atom. The van der Waals surface area contributed by atoms with Crippen LogP contribution in [0.1, 0.15) is 29.7 Å². The fourth-order valence-corrected chi connectivity index (χ4v) is 5.53. The van der Waals surface area contributed by atoms with E-state index in [1.54, 1.807) is 42.9 Å². The van der Waals surface area contributed by atoms with Crippen LogP contribution in [0.25, 0.3) is 11.8 Å². The van der Waals surface area contributed by atoms with Crippen LogP contribution in [0.2, 0.25) is 0 Å². The molecule has 5 rings (SSSR count). The van der Waals surface area contributed by atoms with E-state index in [0.29, 0.717) is 32.1 Å². The lowest BCUT2D eigenvalue weighted by molar-refractivity contribution is -0.138. The van der Waals surface area contributed by atoms with E-state index in [4.69, 9.17) is 25.6 Å². The lowest BCUT2D eigenvalue weighted by Gasteiger charge is -2.26. The number of esters is 1. The lowest BCUT2D eigenvalue weighted by atomic mass is 9.93. The summed E-state index contributed by atoms with van der Waals surface area (Å²) in [6.45, 7) is 2.03. The second-order valence-electron chi connectivity index (χ2n) is 8.74. The minimum absolute atomic E-state index is 0.104. The van der Waals surface area contributed by atoms with E-state index in [1.165, 1.54) is 11.3 Å². The molecule has 0 N–H and O–H groups in total. The summed E-state index contributed by atoms with van der Waals surface area (Å²) in [5.74, 6) is 3.15. The number of hydrogen-bond acceptors (Lipinski definition) is 7. The van der Waals surface area contributed by atoms with Gasteiger partial charge >= 0.3 is 5.97 Å². The maximum absolute atomic E-state index is 14.0. The monoisotopic (exact) mass is 550 g/mol. The number of carbonyl (C=O) groups is 1. The summed E-state index contributed by atoms with van der Waals surface area (Å²) in [6.07, 6.45) is 7.14. The number of rotatable bonds is 8. The van der Waals surface area contributed by atoms with E-state index in [-0.39, 0.29) is 24.3 Å². The number of methoxy groups -OCH3 is 1. The van der Waals surface area contributed by atoms with E-state index in [0.717, 1.165) is 11.1 Å². The number of thiazole rings is 1. The van der Waals surface area contributed by atoms with Crippen LogP contribution >= 0.6 is 11.3 Å². The van der Waals surface area contributed by atoms with Crippen LogP contribution in [0.5, 0.6) is 11.5 Å². The van der Waals surface area contributed by atoms with Crippen molar-refractivity contribution in [2.45, 2.75) is 13.0 Å². The normalized spacial score (nSPS) is 14.6. The fourth-order valence-electron chi connectivity index (χ4n) is 4.53. The largest absolute Gasteiger partial charge is 0.497 e. The van der Waals surface area contributed by atoms with Crippen LogP contribution in [0.4, 0.5) is 0 Å². The molecule has 1 aliphatic rings. The highest BCUT2D eigenvalue weighted by atomic mass is 32.1. The summed E-state index contributed by atoms with van der Waals surface area (Å²) in [4.78, 5) is 32.9. The summed E-state index contributed by atoms with van der Waals surface area (Å²) < 4.78 is 18.5. The zero-order valence-electron chi connectivity index (χ0n) is 22.0. The number of benzene rings is 3. The third kappa shape index (κ3) is 5.20. The molecule has 7 nitrogen and oxygen atoms in total. The zero-order valence-corrected chi connectivity index (χ0v) is 22.8. The molecule has 200 valence electrons. The summed E-state index contributed by atoms with van der Waals surface area (Å²) in [5, 5.41) is 0. The van der Waals surface area contributed by atoms with Gasteiger partial charge in [-0.1, -0.05) is 77.9 Å². The molecule has 0 fully saturated rings. The Morgan fingerprint density at radius 2 is 1.80 bits per heavy atom. The first-order chi connectivity index (χ1) is 19.5. The molecule has 0 amide bonds. The standard InChI is InChI=1S/C32H26N2O5S/c1-4-19-39-25-14-10-9-13-23(25)20-26-30(35)34-29(22-15-17-24(37-3)18-16-22)27(31(36)38-5-2)28(33-32(34)40-26)21-11-7-6-8-12-21/h1,6-18,20,29H,5,19H2,2-3H3/b26-20-/t29-/m0/s1. The number of nitrogens with zero attached hydrogens (tertiary/aromatic N) is 2. The van der Waals surface area contributed by atoms with Gasteiger partial charge in [0.1, 0.15) is 18.1 Å². The van der Waals surface area contributed by atoms with Crippen molar-refractivity contribution in [3.8, 4) is 23.8 Å². The third-order valence-electron chi connectivity index (χ3n) is 6.32. The SMILES string of the molecule is C#CCOc1ccccc1/C=c1\sc2n(c1=O)[C@@H](c1ccc(OC)cc1)C(C(=O)OCC)=C(c1ccccc1)N=2. The highest BCUT2D eigenvalue weighted by Gasteiger charge is 2.35. The summed E-state index contributed by atoms with van der Waals surface area (Å²) in [6, 6.07) is 23.3. The molecule has 0 unspecified atom stereocenters. The molecule has 0 saturated carbocycles. The average Bonchev–Trinajstić information content (AvgIpc) is 3.30. The van der Waals surface area contributed by atoms with Crippen molar-refractivity contribution < 1.29 is 19.0 Å². The van der Waals surface area contributed by atoms with E-state index >= 15 is 0 Å². The second kappa shape index (κ2) is 11.9. The van der Waals surface area contributed by atoms with Crippen molar-refractivity contribution in [3.05, 3.63) is 121 Å². The Kier molecular flexibility index (Phi) is 7.94. The Hall–Kier alpha value is -4.87. The van der Waals surface area contributed by atoms with Gasteiger partial charge in [0.05, 0.1) is 35.6 Å². The van der Waals surface area contributed by atoms with E-state index in [9.17, 15) is 9.59 Å². The first kappa shape index (κ1) is 26.7. The van der Waals surface area contributed by atoms with Gasteiger partial charge in [-0.3, -0.25) is 9.36 Å². The van der Waals surface area contributed by atoms with Gasteiger partial charge in [0.2, 0.25) is 0 Å². The molecule has 1 aliphatic heterocycles. The highest BCUT2D eigenvalue weighted by Crippen LogP contribution is 2.35. The smallest absolute Gasteiger partial charge is 0.338 e. The van der Waals surface area contributed by atoms with Crippen molar-refractivity contribution >= 4 is 29.1 Å².